The number of amides is 2. The summed E-state index contributed by atoms with van der Waals surface area (Å²) >= 11 is 0. The third-order valence-electron chi connectivity index (χ3n) is 4.52. The molecule has 1 aliphatic carbocycles. The maximum absolute atomic E-state index is 12.3. The largest absolute Gasteiger partial charge is 0.399 e. The first-order valence-corrected chi connectivity index (χ1v) is 8.56. The first-order chi connectivity index (χ1) is 12.0. The molecule has 1 aliphatic rings. The number of hydrogen-bond donors (Lipinski definition) is 3. The first-order valence-electron chi connectivity index (χ1n) is 8.56. The zero-order valence-corrected chi connectivity index (χ0v) is 15.5. The molecule has 1 fully saturated rings. The van der Waals surface area contributed by atoms with Crippen LogP contribution in [0.2, 0.25) is 0 Å². The van der Waals surface area contributed by atoms with Gasteiger partial charge in [-0.2, -0.15) is 0 Å². The van der Waals surface area contributed by atoms with E-state index in [2.05, 4.69) is 17.6 Å². The standard InChI is InChI=1S/C20H23N3O2.ClH/c1-13-11-18(13)20(25)23-17-4-2-3-15(12-17)19(24)22-10-9-14-5-7-16(21)8-6-14;/h2-8,12-13,18H,9-11,21H2,1H3,(H,22,24)(H,23,25);1H. The second-order valence-electron chi connectivity index (χ2n) is 6.64. The highest BCUT2D eigenvalue weighted by Gasteiger charge is 2.39. The Bertz CT molecular complexity index is 777. The monoisotopic (exact) mass is 373 g/mol. The summed E-state index contributed by atoms with van der Waals surface area (Å²) in [7, 11) is 0. The summed E-state index contributed by atoms with van der Waals surface area (Å²) in [4.78, 5) is 24.3. The number of benzene rings is 2. The lowest BCUT2D eigenvalue weighted by Crippen LogP contribution is -2.25. The zero-order valence-electron chi connectivity index (χ0n) is 14.7. The topological polar surface area (TPSA) is 84.2 Å². The second-order valence-corrected chi connectivity index (χ2v) is 6.64. The van der Waals surface area contributed by atoms with Gasteiger partial charge in [0.2, 0.25) is 5.91 Å². The Morgan fingerprint density at radius 3 is 2.50 bits per heavy atom. The smallest absolute Gasteiger partial charge is 0.251 e. The quantitative estimate of drug-likeness (QED) is 0.679. The van der Waals surface area contributed by atoms with Gasteiger partial charge < -0.3 is 16.4 Å². The molecule has 0 aliphatic heterocycles. The van der Waals surface area contributed by atoms with Crippen LogP contribution in [0.1, 0.15) is 29.3 Å². The Balaban J connectivity index is 0.00000243. The molecule has 0 spiro atoms. The minimum absolute atomic E-state index is 0. The average Bonchev–Trinajstić information content (AvgIpc) is 3.34. The SMILES string of the molecule is CC1CC1C(=O)Nc1cccc(C(=O)NCCc2ccc(N)cc2)c1.Cl. The van der Waals surface area contributed by atoms with E-state index >= 15 is 0 Å². The molecule has 26 heavy (non-hydrogen) atoms. The van der Waals surface area contributed by atoms with Crippen molar-refractivity contribution >= 4 is 35.6 Å². The molecule has 2 atom stereocenters. The van der Waals surface area contributed by atoms with E-state index in [0.717, 1.165) is 24.1 Å². The van der Waals surface area contributed by atoms with Gasteiger partial charge in [-0.3, -0.25) is 9.59 Å². The van der Waals surface area contributed by atoms with Gasteiger partial charge in [-0.25, -0.2) is 0 Å². The van der Waals surface area contributed by atoms with Crippen LogP contribution in [0.25, 0.3) is 0 Å². The predicted molar refractivity (Wildman–Crippen MR) is 106 cm³/mol. The van der Waals surface area contributed by atoms with Gasteiger partial charge in [0.1, 0.15) is 0 Å². The fraction of sp³-hybridized carbons (Fsp3) is 0.300. The van der Waals surface area contributed by atoms with Crippen LogP contribution in [0.3, 0.4) is 0 Å². The molecular weight excluding hydrogens is 350 g/mol. The van der Waals surface area contributed by atoms with E-state index in [1.165, 1.54) is 0 Å². The zero-order chi connectivity index (χ0) is 17.8. The third-order valence-corrected chi connectivity index (χ3v) is 4.52. The van der Waals surface area contributed by atoms with Crippen molar-refractivity contribution < 1.29 is 9.59 Å². The highest BCUT2D eigenvalue weighted by atomic mass is 35.5. The van der Waals surface area contributed by atoms with Crippen LogP contribution in [-0.2, 0) is 11.2 Å². The van der Waals surface area contributed by atoms with Gasteiger partial charge in [0.15, 0.2) is 0 Å². The van der Waals surface area contributed by atoms with Crippen molar-refractivity contribution in [3.8, 4) is 0 Å². The summed E-state index contributed by atoms with van der Waals surface area (Å²) in [5.41, 5.74) is 8.71. The Hall–Kier alpha value is -2.53. The van der Waals surface area contributed by atoms with Crippen LogP contribution in [-0.4, -0.2) is 18.4 Å². The molecule has 138 valence electrons. The van der Waals surface area contributed by atoms with Gasteiger partial charge in [0, 0.05) is 29.4 Å². The lowest BCUT2D eigenvalue weighted by molar-refractivity contribution is -0.117. The number of nitrogen functional groups attached to an aromatic ring is 1. The van der Waals surface area contributed by atoms with Gasteiger partial charge >= 0.3 is 0 Å². The molecule has 2 amide bonds. The van der Waals surface area contributed by atoms with Gasteiger partial charge in [0.05, 0.1) is 0 Å². The van der Waals surface area contributed by atoms with Gasteiger partial charge in [-0.15, -0.1) is 12.4 Å². The number of carbonyl (C=O) groups is 2. The molecule has 3 rings (SSSR count). The maximum atomic E-state index is 12.3. The van der Waals surface area contributed by atoms with E-state index < -0.39 is 0 Å². The predicted octanol–water partition coefficient (Wildman–Crippen LogP) is 3.26. The van der Waals surface area contributed by atoms with Crippen LogP contribution in [0, 0.1) is 11.8 Å². The minimum atomic E-state index is -0.147. The summed E-state index contributed by atoms with van der Waals surface area (Å²) in [5.74, 6) is 0.456. The highest BCUT2D eigenvalue weighted by molar-refractivity contribution is 5.98. The third kappa shape index (κ3) is 5.23. The van der Waals surface area contributed by atoms with Gasteiger partial charge in [-0.1, -0.05) is 25.1 Å². The van der Waals surface area contributed by atoms with Crippen LogP contribution in [0.5, 0.6) is 0 Å². The normalized spacial score (nSPS) is 17.7. The van der Waals surface area contributed by atoms with Crippen molar-refractivity contribution in [1.82, 2.24) is 5.32 Å². The molecule has 4 N–H and O–H groups in total. The van der Waals surface area contributed by atoms with Crippen LogP contribution in [0.15, 0.2) is 48.5 Å². The number of anilines is 2. The molecule has 1 saturated carbocycles. The van der Waals surface area contributed by atoms with Crippen molar-refractivity contribution in [1.29, 1.82) is 0 Å². The summed E-state index contributed by atoms with van der Waals surface area (Å²) in [5, 5.41) is 5.79. The summed E-state index contributed by atoms with van der Waals surface area (Å²) in [6, 6.07) is 14.6. The molecule has 0 aromatic heterocycles. The van der Waals surface area contributed by atoms with E-state index in [0.29, 0.717) is 23.7 Å². The number of nitrogens with two attached hydrogens (primary N) is 1. The average molecular weight is 374 g/mol. The Morgan fingerprint density at radius 1 is 1.15 bits per heavy atom. The number of hydrogen-bond acceptors (Lipinski definition) is 3. The molecule has 2 aromatic rings. The van der Waals surface area contributed by atoms with Crippen LogP contribution in [0.4, 0.5) is 11.4 Å². The number of nitrogens with one attached hydrogen (secondary N) is 2. The van der Waals surface area contributed by atoms with Gasteiger partial charge in [-0.05, 0) is 54.7 Å². The molecule has 2 unspecified atom stereocenters. The lowest BCUT2D eigenvalue weighted by atomic mass is 10.1. The summed E-state index contributed by atoms with van der Waals surface area (Å²) in [6.07, 6.45) is 1.68. The van der Waals surface area contributed by atoms with E-state index in [-0.39, 0.29) is 30.1 Å². The van der Waals surface area contributed by atoms with Crippen molar-refractivity contribution in [2.24, 2.45) is 11.8 Å². The highest BCUT2D eigenvalue weighted by Crippen LogP contribution is 2.38. The van der Waals surface area contributed by atoms with Crippen molar-refractivity contribution in [3.05, 3.63) is 59.7 Å². The fourth-order valence-corrected chi connectivity index (χ4v) is 2.77. The summed E-state index contributed by atoms with van der Waals surface area (Å²) < 4.78 is 0. The summed E-state index contributed by atoms with van der Waals surface area (Å²) in [6.45, 7) is 2.61. The van der Waals surface area contributed by atoms with Crippen molar-refractivity contribution in [2.45, 2.75) is 19.8 Å². The van der Waals surface area contributed by atoms with Gasteiger partial charge in [0.25, 0.3) is 5.91 Å². The molecule has 0 radical (unpaired) electrons. The van der Waals surface area contributed by atoms with Crippen molar-refractivity contribution in [3.63, 3.8) is 0 Å². The number of halogens is 1. The van der Waals surface area contributed by atoms with Crippen molar-refractivity contribution in [2.75, 3.05) is 17.6 Å². The minimum Gasteiger partial charge on any atom is -0.399 e. The Kier molecular flexibility index (Phi) is 6.64. The Morgan fingerprint density at radius 2 is 1.85 bits per heavy atom. The second kappa shape index (κ2) is 8.72. The van der Waals surface area contributed by atoms with E-state index in [9.17, 15) is 9.59 Å². The maximum Gasteiger partial charge on any atom is 0.251 e. The van der Waals surface area contributed by atoms with Crippen LogP contribution >= 0.6 is 12.4 Å². The molecule has 5 nitrogen and oxygen atoms in total. The molecular formula is C20H24ClN3O2. The molecule has 0 heterocycles. The van der Waals surface area contributed by atoms with E-state index in [1.54, 1.807) is 24.3 Å². The number of carbonyl (C=O) groups excluding carboxylic acids is 2. The Labute approximate surface area is 159 Å². The first kappa shape index (κ1) is 19.8. The van der Waals surface area contributed by atoms with E-state index in [1.807, 2.05) is 24.3 Å². The fourth-order valence-electron chi connectivity index (χ4n) is 2.77. The molecule has 0 bridgehead atoms. The number of rotatable bonds is 6. The van der Waals surface area contributed by atoms with Crippen LogP contribution < -0.4 is 16.4 Å². The lowest BCUT2D eigenvalue weighted by Gasteiger charge is -2.08. The molecule has 2 aromatic carbocycles. The molecule has 6 heteroatoms. The van der Waals surface area contributed by atoms with E-state index in [4.69, 9.17) is 5.73 Å². The molecule has 0 saturated heterocycles.